The second-order valence-electron chi connectivity index (χ2n) is 9.94. The predicted octanol–water partition coefficient (Wildman–Crippen LogP) is 2.03. The van der Waals surface area contributed by atoms with Gasteiger partial charge in [-0.1, -0.05) is 0 Å². The van der Waals surface area contributed by atoms with E-state index in [0.29, 0.717) is 0 Å². The lowest BCUT2D eigenvalue weighted by Crippen LogP contribution is -2.28. The first kappa shape index (κ1) is 30.3. The number of rotatable bonds is 10. The number of carbonyl (C=O) groups is 2. The highest BCUT2D eigenvalue weighted by molar-refractivity contribution is 8.00. The molecule has 36 heavy (non-hydrogen) atoms. The van der Waals surface area contributed by atoms with E-state index in [2.05, 4.69) is 4.98 Å². The number of nitrogens with zero attached hydrogens (tertiary/aromatic N) is 2. The number of thioether (sulfide) groups is 1. The Morgan fingerprint density at radius 2 is 1.64 bits per heavy atom. The van der Waals surface area contributed by atoms with Crippen LogP contribution in [0.5, 0.6) is 0 Å². The highest BCUT2D eigenvalue weighted by atomic mass is 32.2. The van der Waals surface area contributed by atoms with Gasteiger partial charge in [-0.15, -0.1) is 11.8 Å². The Bertz CT molecular complexity index is 1000. The van der Waals surface area contributed by atoms with Crippen molar-refractivity contribution in [1.29, 1.82) is 0 Å². The number of ether oxygens (including phenoxy) is 2. The molecule has 1 aliphatic rings. The maximum absolute atomic E-state index is 13.2. The van der Waals surface area contributed by atoms with E-state index in [1.54, 1.807) is 41.5 Å². The van der Waals surface area contributed by atoms with Crippen LogP contribution in [-0.4, -0.2) is 69.0 Å². The average molecular weight is 552 g/mol. The molecule has 2 rings (SSSR count). The van der Waals surface area contributed by atoms with Gasteiger partial charge in [-0.2, -0.15) is 4.98 Å². The summed E-state index contributed by atoms with van der Waals surface area (Å²) in [5, 5.41) is 9.36. The third-order valence-electron chi connectivity index (χ3n) is 4.28. The van der Waals surface area contributed by atoms with Crippen LogP contribution in [-0.2, 0) is 37.2 Å². The van der Waals surface area contributed by atoms with Crippen LogP contribution in [0.25, 0.3) is 0 Å². The standard InChI is InChI=1S/C21H34N3O10PS/c1-20(2,3)33-17(26)11-31-35(29,32-12-18(27)34-21(4,5)6)30-10-14-13(25)9-16(36-14)24-8-7-15(22)23-19(24)28/h7-8,13-14,16,25H,9-12H2,1-6H3,(H2,22,23,28)/t13?,14-,16-/m1/s1. The monoisotopic (exact) mass is 551 g/mol. The van der Waals surface area contributed by atoms with E-state index in [1.165, 1.54) is 28.6 Å². The number of aliphatic hydroxyl groups is 1. The Balaban J connectivity index is 2.06. The average Bonchev–Trinajstić information content (AvgIpc) is 3.07. The van der Waals surface area contributed by atoms with Gasteiger partial charge >= 0.3 is 25.5 Å². The smallest absolute Gasteiger partial charge is 0.458 e. The van der Waals surface area contributed by atoms with Crippen LogP contribution in [0.2, 0.25) is 0 Å². The maximum Gasteiger partial charge on any atom is 0.475 e. The van der Waals surface area contributed by atoms with E-state index < -0.39 is 66.6 Å². The lowest BCUT2D eigenvalue weighted by Gasteiger charge is -2.23. The minimum atomic E-state index is -4.47. The van der Waals surface area contributed by atoms with Crippen molar-refractivity contribution in [3.8, 4) is 0 Å². The molecule has 0 saturated carbocycles. The number of hydrogen-bond acceptors (Lipinski definition) is 13. The molecule has 0 spiro atoms. The topological polar surface area (TPSA) is 179 Å². The van der Waals surface area contributed by atoms with Gasteiger partial charge in [-0.05, 0) is 47.6 Å². The zero-order valence-electron chi connectivity index (χ0n) is 21.2. The van der Waals surface area contributed by atoms with Crippen molar-refractivity contribution >= 4 is 37.3 Å². The molecule has 2 heterocycles. The van der Waals surface area contributed by atoms with Crippen molar-refractivity contribution in [2.75, 3.05) is 25.6 Å². The summed E-state index contributed by atoms with van der Waals surface area (Å²) in [5.41, 5.74) is 3.33. The molecule has 0 radical (unpaired) electrons. The Hall–Kier alpha value is -1.96. The first-order valence-corrected chi connectivity index (χ1v) is 13.5. The van der Waals surface area contributed by atoms with Gasteiger partial charge in [0.2, 0.25) is 0 Å². The summed E-state index contributed by atoms with van der Waals surface area (Å²) >= 11 is 1.19. The number of esters is 2. The molecule has 3 atom stereocenters. The number of nitrogen functional groups attached to an aromatic ring is 1. The minimum absolute atomic E-state index is 0.0740. The van der Waals surface area contributed by atoms with Crippen LogP contribution in [0.4, 0.5) is 5.82 Å². The Kier molecular flexibility index (Phi) is 10.1. The number of aromatic nitrogens is 2. The highest BCUT2D eigenvalue weighted by Gasteiger charge is 2.39. The van der Waals surface area contributed by atoms with Gasteiger partial charge in [0.1, 0.15) is 17.0 Å². The maximum atomic E-state index is 13.2. The van der Waals surface area contributed by atoms with Crippen LogP contribution in [0.1, 0.15) is 53.3 Å². The molecule has 3 N–H and O–H groups in total. The molecule has 1 aromatic rings. The third-order valence-corrected chi connectivity index (χ3v) is 7.17. The van der Waals surface area contributed by atoms with Gasteiger partial charge in [-0.25, -0.2) is 18.9 Å². The van der Waals surface area contributed by atoms with Crippen LogP contribution < -0.4 is 11.4 Å². The minimum Gasteiger partial charge on any atom is -0.458 e. The molecular weight excluding hydrogens is 517 g/mol. The summed E-state index contributed by atoms with van der Waals surface area (Å²) in [6.07, 6.45) is 0.720. The van der Waals surface area contributed by atoms with E-state index in [9.17, 15) is 24.1 Å². The summed E-state index contributed by atoms with van der Waals surface area (Å²) in [7, 11) is -4.47. The first-order chi connectivity index (χ1) is 16.5. The molecule has 0 bridgehead atoms. The molecule has 1 fully saturated rings. The number of phosphoric ester groups is 1. The van der Waals surface area contributed by atoms with Gasteiger partial charge in [-0.3, -0.25) is 18.1 Å². The van der Waals surface area contributed by atoms with Gasteiger partial charge in [0.25, 0.3) is 0 Å². The Morgan fingerprint density at radius 3 is 2.11 bits per heavy atom. The first-order valence-electron chi connectivity index (χ1n) is 11.1. The molecule has 0 aliphatic carbocycles. The normalized spacial score (nSPS) is 20.8. The molecule has 0 aromatic carbocycles. The van der Waals surface area contributed by atoms with Crippen molar-refractivity contribution in [3.05, 3.63) is 22.7 Å². The third kappa shape index (κ3) is 10.2. The lowest BCUT2D eigenvalue weighted by atomic mass is 10.2. The molecule has 0 amide bonds. The largest absolute Gasteiger partial charge is 0.475 e. The molecule has 1 unspecified atom stereocenters. The summed E-state index contributed by atoms with van der Waals surface area (Å²) in [4.78, 5) is 39.9. The van der Waals surface area contributed by atoms with Crippen LogP contribution in [0.3, 0.4) is 0 Å². The van der Waals surface area contributed by atoms with E-state index in [1.807, 2.05) is 0 Å². The zero-order chi connectivity index (χ0) is 27.3. The number of anilines is 1. The van der Waals surface area contributed by atoms with Crippen molar-refractivity contribution in [2.45, 2.75) is 75.9 Å². The molecule has 1 saturated heterocycles. The molecule has 204 valence electrons. The van der Waals surface area contributed by atoms with Gasteiger partial charge < -0.3 is 20.3 Å². The summed E-state index contributed by atoms with van der Waals surface area (Å²) in [5.74, 6) is -1.57. The van der Waals surface area contributed by atoms with Gasteiger partial charge in [0, 0.05) is 12.6 Å². The summed E-state index contributed by atoms with van der Waals surface area (Å²) in [6, 6.07) is 1.46. The number of nitrogens with two attached hydrogens (primary N) is 1. The molecule has 1 aliphatic heterocycles. The lowest BCUT2D eigenvalue weighted by molar-refractivity contribution is -0.158. The van der Waals surface area contributed by atoms with Gasteiger partial charge in [0.05, 0.1) is 23.3 Å². The van der Waals surface area contributed by atoms with Crippen LogP contribution >= 0.6 is 19.6 Å². The predicted molar refractivity (Wildman–Crippen MR) is 131 cm³/mol. The Morgan fingerprint density at radius 1 is 1.11 bits per heavy atom. The van der Waals surface area contributed by atoms with Crippen molar-refractivity contribution in [2.24, 2.45) is 0 Å². The highest BCUT2D eigenvalue weighted by Crippen LogP contribution is 2.51. The quantitative estimate of drug-likeness (QED) is 0.319. The van der Waals surface area contributed by atoms with Gasteiger partial charge in [0.15, 0.2) is 13.2 Å². The van der Waals surface area contributed by atoms with Crippen molar-refractivity contribution in [3.63, 3.8) is 0 Å². The molecule has 13 nitrogen and oxygen atoms in total. The van der Waals surface area contributed by atoms with E-state index in [4.69, 9.17) is 28.8 Å². The second-order valence-corrected chi connectivity index (χ2v) is 13.0. The fraction of sp³-hybridized carbons (Fsp3) is 0.714. The molecular formula is C21H34N3O10PS. The Labute approximate surface area is 213 Å². The van der Waals surface area contributed by atoms with E-state index in [-0.39, 0.29) is 18.8 Å². The van der Waals surface area contributed by atoms with E-state index in [0.717, 1.165) is 0 Å². The van der Waals surface area contributed by atoms with Crippen molar-refractivity contribution in [1.82, 2.24) is 9.55 Å². The summed E-state index contributed by atoms with van der Waals surface area (Å²) < 4.78 is 40.4. The molecule has 1 aromatic heterocycles. The SMILES string of the molecule is CC(C)(C)OC(=O)COP(=O)(OCC(=O)OC(C)(C)C)OC[C@H]1S[C@@H](n2ccc(N)nc2=O)CC1O. The van der Waals surface area contributed by atoms with E-state index >= 15 is 0 Å². The number of phosphoric acid groups is 1. The summed E-state index contributed by atoms with van der Waals surface area (Å²) in [6.45, 7) is 8.03. The number of aliphatic hydroxyl groups excluding tert-OH is 1. The number of carbonyl (C=O) groups excluding carboxylic acids is 2. The number of hydrogen-bond donors (Lipinski definition) is 2. The second kappa shape index (κ2) is 12.1. The molecule has 15 heteroatoms. The van der Waals surface area contributed by atoms with Crippen molar-refractivity contribution < 1.29 is 42.3 Å². The van der Waals surface area contributed by atoms with Crippen LogP contribution in [0.15, 0.2) is 17.1 Å². The van der Waals surface area contributed by atoms with Crippen LogP contribution in [0, 0.1) is 0 Å². The fourth-order valence-corrected chi connectivity index (χ4v) is 5.60. The fourth-order valence-electron chi connectivity index (χ4n) is 2.96. The zero-order valence-corrected chi connectivity index (χ0v) is 22.9.